The zero-order valence-corrected chi connectivity index (χ0v) is 17.8. The smallest absolute Gasteiger partial charge is 0.125 e. The fourth-order valence-electron chi connectivity index (χ4n) is 4.19. The lowest BCUT2D eigenvalue weighted by Crippen LogP contribution is -2.32. The molecule has 0 aliphatic heterocycles. The Morgan fingerprint density at radius 1 is 0.621 bits per heavy atom. The number of phenols is 1. The van der Waals surface area contributed by atoms with Gasteiger partial charge in [-0.05, 0) is 61.9 Å². The monoisotopic (exact) mass is 397 g/mol. The van der Waals surface area contributed by atoms with Gasteiger partial charge in [0.25, 0.3) is 0 Å². The van der Waals surface area contributed by atoms with Gasteiger partial charge < -0.3 is 5.11 Å². The summed E-state index contributed by atoms with van der Waals surface area (Å²) < 4.78 is 0. The number of rotatable bonds is 5. The van der Waals surface area contributed by atoms with Crippen LogP contribution in [0.1, 0.15) is 16.7 Å². The summed E-state index contributed by atoms with van der Waals surface area (Å²) in [6, 6.07) is 36.6. The zero-order chi connectivity index (χ0) is 20.3. The van der Waals surface area contributed by atoms with Gasteiger partial charge in [0, 0.05) is 5.56 Å². The van der Waals surface area contributed by atoms with E-state index in [1.807, 2.05) is 13.0 Å². The molecule has 0 bridgehead atoms. The molecule has 0 atom stereocenters. The molecule has 0 radical (unpaired) electrons. The van der Waals surface area contributed by atoms with Crippen molar-refractivity contribution in [2.45, 2.75) is 20.0 Å². The molecule has 4 aromatic rings. The summed E-state index contributed by atoms with van der Waals surface area (Å²) in [7, 11) is -2.00. The first kappa shape index (κ1) is 19.4. The topological polar surface area (TPSA) is 20.2 Å². The molecule has 29 heavy (non-hydrogen) atoms. The van der Waals surface area contributed by atoms with Crippen molar-refractivity contribution < 1.29 is 5.11 Å². The third-order valence-electron chi connectivity index (χ3n) is 5.52. The van der Waals surface area contributed by atoms with E-state index in [0.29, 0.717) is 5.75 Å². The summed E-state index contributed by atoms with van der Waals surface area (Å²) in [6.07, 6.45) is 0.791. The van der Waals surface area contributed by atoms with E-state index in [4.69, 9.17) is 0 Å². The Morgan fingerprint density at radius 3 is 1.45 bits per heavy atom. The van der Waals surface area contributed by atoms with Crippen molar-refractivity contribution in [2.75, 3.05) is 0 Å². The van der Waals surface area contributed by atoms with Crippen LogP contribution in [0.4, 0.5) is 0 Å². The molecule has 0 aliphatic carbocycles. The van der Waals surface area contributed by atoms with Crippen molar-refractivity contribution in [1.29, 1.82) is 0 Å². The predicted octanol–water partition coefficient (Wildman–Crippen LogP) is 5.50. The highest BCUT2D eigenvalue weighted by Gasteiger charge is 2.45. The van der Waals surface area contributed by atoms with Crippen molar-refractivity contribution in [3.63, 3.8) is 0 Å². The Balaban J connectivity index is 2.04. The third kappa shape index (κ3) is 3.71. The largest absolute Gasteiger partial charge is 0.507 e. The molecular weight excluding hydrogens is 371 g/mol. The van der Waals surface area contributed by atoms with Crippen LogP contribution in [0.5, 0.6) is 5.75 Å². The normalized spacial score (nSPS) is 11.4. The molecule has 0 amide bonds. The van der Waals surface area contributed by atoms with Crippen LogP contribution in [-0.2, 0) is 6.16 Å². The standard InChI is InChI=1S/C27H25OP/c1-21-18-22(2)27(28)23(19-21)20-29(24-12-6-3-7-13-24,25-14-8-4-9-15-25)26-16-10-5-11-17-26/h3-19H,20H2,1-2H3/p+1. The van der Waals surface area contributed by atoms with Crippen LogP contribution < -0.4 is 15.9 Å². The maximum atomic E-state index is 10.9. The molecule has 4 rings (SSSR count). The predicted molar refractivity (Wildman–Crippen MR) is 126 cm³/mol. The van der Waals surface area contributed by atoms with Gasteiger partial charge >= 0.3 is 0 Å². The minimum Gasteiger partial charge on any atom is -0.507 e. The Hall–Kier alpha value is -2.89. The minimum absolute atomic E-state index is 0.419. The molecule has 1 nitrogen and oxygen atoms in total. The molecule has 0 fully saturated rings. The van der Waals surface area contributed by atoms with Crippen molar-refractivity contribution in [2.24, 2.45) is 0 Å². The Kier molecular flexibility index (Phi) is 5.51. The molecule has 0 spiro atoms. The molecule has 4 aromatic carbocycles. The lowest BCUT2D eigenvalue weighted by Gasteiger charge is -2.28. The van der Waals surface area contributed by atoms with E-state index in [1.165, 1.54) is 21.5 Å². The van der Waals surface area contributed by atoms with Crippen LogP contribution >= 0.6 is 7.26 Å². The number of hydrogen-bond acceptors (Lipinski definition) is 1. The molecule has 0 saturated carbocycles. The first-order chi connectivity index (χ1) is 14.1. The van der Waals surface area contributed by atoms with E-state index >= 15 is 0 Å². The molecular formula is C27H26OP+. The van der Waals surface area contributed by atoms with Gasteiger partial charge in [-0.25, -0.2) is 0 Å². The first-order valence-electron chi connectivity index (χ1n) is 9.95. The van der Waals surface area contributed by atoms with Crippen LogP contribution in [0.15, 0.2) is 103 Å². The molecule has 0 aliphatic rings. The summed E-state index contributed by atoms with van der Waals surface area (Å²) in [4.78, 5) is 0. The second kappa shape index (κ2) is 8.23. The van der Waals surface area contributed by atoms with E-state index in [-0.39, 0.29) is 0 Å². The van der Waals surface area contributed by atoms with Crippen LogP contribution in [0, 0.1) is 13.8 Å². The van der Waals surface area contributed by atoms with E-state index < -0.39 is 7.26 Å². The van der Waals surface area contributed by atoms with Crippen molar-refractivity contribution >= 4 is 23.2 Å². The Labute approximate surface area is 174 Å². The number of phenolic OH excluding ortho intramolecular Hbond substituents is 1. The van der Waals surface area contributed by atoms with Crippen LogP contribution in [-0.4, -0.2) is 5.11 Å². The Bertz CT molecular complexity index is 993. The SMILES string of the molecule is Cc1cc(C)c(O)c(C[P+](c2ccccc2)(c2ccccc2)c2ccccc2)c1. The molecule has 0 saturated heterocycles. The van der Waals surface area contributed by atoms with Crippen molar-refractivity contribution in [3.05, 3.63) is 120 Å². The summed E-state index contributed by atoms with van der Waals surface area (Å²) in [5, 5.41) is 14.9. The van der Waals surface area contributed by atoms with Gasteiger partial charge in [0.1, 0.15) is 35.1 Å². The average Bonchev–Trinajstić information content (AvgIpc) is 2.77. The molecule has 144 valence electrons. The van der Waals surface area contributed by atoms with Gasteiger partial charge in [0.05, 0.1) is 0 Å². The van der Waals surface area contributed by atoms with Crippen molar-refractivity contribution in [3.8, 4) is 5.75 Å². The molecule has 0 heterocycles. The maximum absolute atomic E-state index is 10.9. The molecule has 0 unspecified atom stereocenters. The van der Waals surface area contributed by atoms with Gasteiger partial charge in [-0.15, -0.1) is 0 Å². The average molecular weight is 397 g/mol. The second-order valence-corrected chi connectivity index (χ2v) is 11.0. The van der Waals surface area contributed by atoms with Crippen LogP contribution in [0.3, 0.4) is 0 Å². The lowest BCUT2D eigenvalue weighted by atomic mass is 10.1. The maximum Gasteiger partial charge on any atom is 0.125 e. The Morgan fingerprint density at radius 2 is 1.03 bits per heavy atom. The lowest BCUT2D eigenvalue weighted by molar-refractivity contribution is 0.466. The molecule has 2 heteroatoms. The van der Waals surface area contributed by atoms with Gasteiger partial charge in [-0.3, -0.25) is 0 Å². The number of benzene rings is 4. The van der Waals surface area contributed by atoms with Gasteiger partial charge in [-0.2, -0.15) is 0 Å². The quantitative estimate of drug-likeness (QED) is 0.441. The highest BCUT2D eigenvalue weighted by molar-refractivity contribution is 7.95. The number of hydrogen-bond donors (Lipinski definition) is 1. The number of aryl methyl sites for hydroxylation is 2. The van der Waals surface area contributed by atoms with E-state index in [0.717, 1.165) is 17.3 Å². The molecule has 1 N–H and O–H groups in total. The summed E-state index contributed by atoms with van der Waals surface area (Å²) in [6.45, 7) is 4.09. The summed E-state index contributed by atoms with van der Waals surface area (Å²) in [5.74, 6) is 0.419. The van der Waals surface area contributed by atoms with Crippen LogP contribution in [0.25, 0.3) is 0 Å². The van der Waals surface area contributed by atoms with E-state index in [2.05, 4.69) is 104 Å². The number of aromatic hydroxyl groups is 1. The fraction of sp³-hybridized carbons (Fsp3) is 0.111. The summed E-state index contributed by atoms with van der Waals surface area (Å²) in [5.41, 5.74) is 3.14. The minimum atomic E-state index is -2.00. The summed E-state index contributed by atoms with van der Waals surface area (Å²) >= 11 is 0. The van der Waals surface area contributed by atoms with Crippen LogP contribution in [0.2, 0.25) is 0 Å². The van der Waals surface area contributed by atoms with Crippen molar-refractivity contribution in [1.82, 2.24) is 0 Å². The van der Waals surface area contributed by atoms with Gasteiger partial charge in [-0.1, -0.05) is 66.2 Å². The fourth-order valence-corrected chi connectivity index (χ4v) is 8.43. The molecule has 0 aromatic heterocycles. The third-order valence-corrected chi connectivity index (χ3v) is 9.88. The highest BCUT2D eigenvalue weighted by Crippen LogP contribution is 2.59. The highest BCUT2D eigenvalue weighted by atomic mass is 31.2. The first-order valence-corrected chi connectivity index (χ1v) is 11.9. The second-order valence-electron chi connectivity index (χ2n) is 7.56. The van der Waals surface area contributed by atoms with Gasteiger partial charge in [0.15, 0.2) is 0 Å². The van der Waals surface area contributed by atoms with E-state index in [1.54, 1.807) is 0 Å². The van der Waals surface area contributed by atoms with Gasteiger partial charge in [0.2, 0.25) is 0 Å². The zero-order valence-electron chi connectivity index (χ0n) is 16.9. The van der Waals surface area contributed by atoms with E-state index in [9.17, 15) is 5.11 Å².